The van der Waals surface area contributed by atoms with Crippen LogP contribution in [0.3, 0.4) is 0 Å². The van der Waals surface area contributed by atoms with E-state index in [0.29, 0.717) is 6.42 Å². The minimum atomic E-state index is 0.176. The Morgan fingerprint density at radius 2 is 2.06 bits per heavy atom. The molecule has 0 fully saturated rings. The molecule has 0 radical (unpaired) electrons. The average molecular weight is 221 g/mol. The van der Waals surface area contributed by atoms with Gasteiger partial charge in [-0.15, -0.1) is 0 Å². The Balaban J connectivity index is 2.57. The zero-order chi connectivity index (χ0) is 12.0. The van der Waals surface area contributed by atoms with E-state index in [4.69, 9.17) is 4.74 Å². The first-order valence-electron chi connectivity index (χ1n) is 5.55. The first kappa shape index (κ1) is 12.6. The molecule has 0 N–H and O–H groups in total. The summed E-state index contributed by atoms with van der Waals surface area (Å²) in [6.07, 6.45) is 1.38. The molecule has 0 heterocycles. The maximum atomic E-state index is 11.4. The van der Waals surface area contributed by atoms with Gasteiger partial charge in [-0.1, -0.05) is 25.1 Å². The van der Waals surface area contributed by atoms with Gasteiger partial charge in [0.1, 0.15) is 5.75 Å². The Hall–Kier alpha value is -1.51. The summed E-state index contributed by atoms with van der Waals surface area (Å²) < 4.78 is 5.26. The standard InChI is InChI=1S/C13H19NO2/c1-4-13(15)14(2)10-9-11-7-5-6-8-12(11)16-3/h5-8H,4,9-10H2,1-3H3. The first-order valence-corrected chi connectivity index (χ1v) is 5.55. The van der Waals surface area contributed by atoms with Crippen LogP contribution in [0.15, 0.2) is 24.3 Å². The molecule has 0 saturated heterocycles. The fourth-order valence-electron chi connectivity index (χ4n) is 1.59. The second-order valence-electron chi connectivity index (χ2n) is 3.73. The fourth-order valence-corrected chi connectivity index (χ4v) is 1.59. The van der Waals surface area contributed by atoms with Crippen LogP contribution < -0.4 is 4.74 Å². The first-order chi connectivity index (χ1) is 7.69. The summed E-state index contributed by atoms with van der Waals surface area (Å²) in [5.41, 5.74) is 1.14. The van der Waals surface area contributed by atoms with Crippen LogP contribution in [-0.4, -0.2) is 31.5 Å². The molecule has 0 atom stereocenters. The van der Waals surface area contributed by atoms with Crippen LogP contribution in [0.5, 0.6) is 5.75 Å². The number of methoxy groups -OCH3 is 1. The summed E-state index contributed by atoms with van der Waals surface area (Å²) in [6, 6.07) is 7.91. The highest BCUT2D eigenvalue weighted by atomic mass is 16.5. The van der Waals surface area contributed by atoms with E-state index in [1.165, 1.54) is 0 Å². The molecule has 3 nitrogen and oxygen atoms in total. The van der Waals surface area contributed by atoms with Gasteiger partial charge in [-0.3, -0.25) is 4.79 Å². The van der Waals surface area contributed by atoms with Gasteiger partial charge in [-0.05, 0) is 18.1 Å². The lowest BCUT2D eigenvalue weighted by molar-refractivity contribution is -0.129. The van der Waals surface area contributed by atoms with E-state index >= 15 is 0 Å². The maximum Gasteiger partial charge on any atom is 0.222 e. The van der Waals surface area contributed by atoms with E-state index in [0.717, 1.165) is 24.3 Å². The largest absolute Gasteiger partial charge is 0.496 e. The summed E-state index contributed by atoms with van der Waals surface area (Å²) in [6.45, 7) is 2.61. The molecule has 0 aliphatic heterocycles. The zero-order valence-electron chi connectivity index (χ0n) is 10.2. The number of hydrogen-bond acceptors (Lipinski definition) is 2. The third-order valence-corrected chi connectivity index (χ3v) is 2.64. The van der Waals surface area contributed by atoms with Crippen molar-refractivity contribution in [1.82, 2.24) is 4.90 Å². The van der Waals surface area contributed by atoms with Crippen molar-refractivity contribution in [3.8, 4) is 5.75 Å². The summed E-state index contributed by atoms with van der Waals surface area (Å²) in [5.74, 6) is 1.06. The van der Waals surface area contributed by atoms with Crippen molar-refractivity contribution in [3.05, 3.63) is 29.8 Å². The molecule has 0 spiro atoms. The summed E-state index contributed by atoms with van der Waals surface area (Å²) >= 11 is 0. The van der Waals surface area contributed by atoms with E-state index in [9.17, 15) is 4.79 Å². The van der Waals surface area contributed by atoms with Crippen LogP contribution >= 0.6 is 0 Å². The number of amides is 1. The molecule has 1 rings (SSSR count). The van der Waals surface area contributed by atoms with Gasteiger partial charge >= 0.3 is 0 Å². The molecule has 1 aromatic carbocycles. The highest BCUT2D eigenvalue weighted by Crippen LogP contribution is 2.17. The van der Waals surface area contributed by atoms with Crippen molar-refractivity contribution in [2.75, 3.05) is 20.7 Å². The van der Waals surface area contributed by atoms with Gasteiger partial charge in [0.15, 0.2) is 0 Å². The number of rotatable bonds is 5. The molecule has 3 heteroatoms. The molecule has 0 unspecified atom stereocenters. The van der Waals surface area contributed by atoms with Crippen LogP contribution in [0.2, 0.25) is 0 Å². The Kier molecular flexibility index (Phi) is 4.83. The second kappa shape index (κ2) is 6.16. The molecule has 1 amide bonds. The van der Waals surface area contributed by atoms with Crippen LogP contribution in [-0.2, 0) is 11.2 Å². The predicted molar refractivity (Wildman–Crippen MR) is 64.6 cm³/mol. The van der Waals surface area contributed by atoms with Crippen molar-refractivity contribution >= 4 is 5.91 Å². The molecular weight excluding hydrogens is 202 g/mol. The number of likely N-dealkylation sites (N-methyl/N-ethyl adjacent to an activating group) is 1. The van der Waals surface area contributed by atoms with Crippen LogP contribution in [0.25, 0.3) is 0 Å². The molecule has 0 aliphatic rings. The van der Waals surface area contributed by atoms with Crippen molar-refractivity contribution < 1.29 is 9.53 Å². The van der Waals surface area contributed by atoms with Crippen molar-refractivity contribution in [3.63, 3.8) is 0 Å². The van der Waals surface area contributed by atoms with Crippen LogP contribution in [0.4, 0.5) is 0 Å². The molecule has 0 saturated carbocycles. The van der Waals surface area contributed by atoms with Gasteiger partial charge in [-0.2, -0.15) is 0 Å². The van der Waals surface area contributed by atoms with Crippen molar-refractivity contribution in [1.29, 1.82) is 0 Å². The molecule has 0 aromatic heterocycles. The lowest BCUT2D eigenvalue weighted by atomic mass is 10.1. The van der Waals surface area contributed by atoms with Gasteiger partial charge in [0.2, 0.25) is 5.91 Å². The molecular formula is C13H19NO2. The number of hydrogen-bond donors (Lipinski definition) is 0. The van der Waals surface area contributed by atoms with E-state index < -0.39 is 0 Å². The van der Waals surface area contributed by atoms with E-state index in [1.54, 1.807) is 12.0 Å². The summed E-state index contributed by atoms with van der Waals surface area (Å²) in [7, 11) is 3.50. The minimum Gasteiger partial charge on any atom is -0.496 e. The Bertz CT molecular complexity index is 350. The summed E-state index contributed by atoms with van der Waals surface area (Å²) in [4.78, 5) is 13.1. The quantitative estimate of drug-likeness (QED) is 0.762. The fraction of sp³-hybridized carbons (Fsp3) is 0.462. The van der Waals surface area contributed by atoms with Gasteiger partial charge < -0.3 is 9.64 Å². The SMILES string of the molecule is CCC(=O)N(C)CCc1ccccc1OC. The summed E-state index contributed by atoms with van der Waals surface area (Å²) in [5, 5.41) is 0. The molecule has 88 valence electrons. The number of carbonyl (C=O) groups is 1. The molecule has 0 aliphatic carbocycles. The average Bonchev–Trinajstić information content (AvgIpc) is 2.35. The third kappa shape index (κ3) is 3.26. The molecule has 1 aromatic rings. The van der Waals surface area contributed by atoms with Crippen LogP contribution in [0.1, 0.15) is 18.9 Å². The lowest BCUT2D eigenvalue weighted by Crippen LogP contribution is -2.27. The highest BCUT2D eigenvalue weighted by molar-refractivity contribution is 5.75. The predicted octanol–water partition coefficient (Wildman–Crippen LogP) is 2.11. The monoisotopic (exact) mass is 221 g/mol. The lowest BCUT2D eigenvalue weighted by Gasteiger charge is -2.17. The van der Waals surface area contributed by atoms with Crippen LogP contribution in [0, 0.1) is 0 Å². The normalized spacial score (nSPS) is 9.94. The highest BCUT2D eigenvalue weighted by Gasteiger charge is 2.07. The van der Waals surface area contributed by atoms with E-state index in [1.807, 2.05) is 38.2 Å². The van der Waals surface area contributed by atoms with E-state index in [2.05, 4.69) is 0 Å². The number of ether oxygens (including phenoxy) is 1. The molecule has 16 heavy (non-hydrogen) atoms. The minimum absolute atomic E-state index is 0.176. The number of benzene rings is 1. The van der Waals surface area contributed by atoms with E-state index in [-0.39, 0.29) is 5.91 Å². The van der Waals surface area contributed by atoms with Gasteiger partial charge in [0, 0.05) is 20.0 Å². The Morgan fingerprint density at radius 3 is 2.69 bits per heavy atom. The third-order valence-electron chi connectivity index (χ3n) is 2.64. The van der Waals surface area contributed by atoms with Crippen molar-refractivity contribution in [2.24, 2.45) is 0 Å². The molecule has 0 bridgehead atoms. The van der Waals surface area contributed by atoms with Gasteiger partial charge in [0.25, 0.3) is 0 Å². The number of nitrogens with zero attached hydrogens (tertiary/aromatic N) is 1. The van der Waals surface area contributed by atoms with Gasteiger partial charge in [-0.25, -0.2) is 0 Å². The Morgan fingerprint density at radius 1 is 1.38 bits per heavy atom. The number of para-hydroxylation sites is 1. The smallest absolute Gasteiger partial charge is 0.222 e. The van der Waals surface area contributed by atoms with Gasteiger partial charge in [0.05, 0.1) is 7.11 Å². The number of carbonyl (C=O) groups excluding carboxylic acids is 1. The second-order valence-corrected chi connectivity index (χ2v) is 3.73. The maximum absolute atomic E-state index is 11.4. The topological polar surface area (TPSA) is 29.5 Å². The van der Waals surface area contributed by atoms with Crippen molar-refractivity contribution in [2.45, 2.75) is 19.8 Å². The zero-order valence-corrected chi connectivity index (χ0v) is 10.2. The Labute approximate surface area is 97.0 Å².